The van der Waals surface area contributed by atoms with Gasteiger partial charge in [0.05, 0.1) is 12.2 Å². The number of nitrogens with zero attached hydrogens (tertiary/aromatic N) is 2. The monoisotopic (exact) mass is 197 g/mol. The molecule has 2 N–H and O–H groups in total. The Kier molecular flexibility index (Phi) is 2.53. The maximum atomic E-state index is 8.98. The Morgan fingerprint density at radius 2 is 1.93 bits per heavy atom. The van der Waals surface area contributed by atoms with Crippen LogP contribution in [0.15, 0.2) is 42.7 Å². The number of rotatable bonds is 2. The van der Waals surface area contributed by atoms with Gasteiger partial charge in [0, 0.05) is 18.0 Å². The average Bonchev–Trinajstić information content (AvgIpc) is 2.73. The number of benzene rings is 1. The van der Waals surface area contributed by atoms with Crippen molar-refractivity contribution >= 4 is 0 Å². The largest absolute Gasteiger partial charge is 0.339 e. The molecule has 0 aliphatic rings. The van der Waals surface area contributed by atoms with E-state index >= 15 is 0 Å². The molecule has 0 amide bonds. The standard InChI is InChI=1S/C12H11N3/c13-6-11-7-15(9-14)8-12(11)10-4-2-1-3-5-10/h1-5,7-8H,9,14H2. The van der Waals surface area contributed by atoms with Crippen LogP contribution in [0.1, 0.15) is 5.56 Å². The van der Waals surface area contributed by atoms with Crippen LogP contribution in [0.25, 0.3) is 11.1 Å². The highest BCUT2D eigenvalue weighted by atomic mass is 15.0. The predicted octanol–water partition coefficient (Wildman–Crippen LogP) is 1.94. The van der Waals surface area contributed by atoms with Gasteiger partial charge in [0.25, 0.3) is 0 Å². The van der Waals surface area contributed by atoms with E-state index in [2.05, 4.69) is 6.07 Å². The maximum Gasteiger partial charge on any atom is 0.101 e. The van der Waals surface area contributed by atoms with E-state index in [9.17, 15) is 0 Å². The van der Waals surface area contributed by atoms with Crippen molar-refractivity contribution < 1.29 is 0 Å². The second-order valence-electron chi connectivity index (χ2n) is 3.26. The number of nitriles is 1. The van der Waals surface area contributed by atoms with Crippen molar-refractivity contribution in [3.63, 3.8) is 0 Å². The first-order chi connectivity index (χ1) is 7.35. The Hall–Kier alpha value is -2.05. The van der Waals surface area contributed by atoms with Crippen LogP contribution in [0, 0.1) is 11.3 Å². The molecule has 74 valence electrons. The highest BCUT2D eigenvalue weighted by Crippen LogP contribution is 2.23. The van der Waals surface area contributed by atoms with Crippen LogP contribution in [0.2, 0.25) is 0 Å². The van der Waals surface area contributed by atoms with Crippen molar-refractivity contribution in [2.45, 2.75) is 6.67 Å². The molecular weight excluding hydrogens is 186 g/mol. The van der Waals surface area contributed by atoms with E-state index in [-0.39, 0.29) is 0 Å². The van der Waals surface area contributed by atoms with Gasteiger partial charge in [-0.1, -0.05) is 30.3 Å². The first-order valence-corrected chi connectivity index (χ1v) is 4.70. The summed E-state index contributed by atoms with van der Waals surface area (Å²) in [6, 6.07) is 12.0. The van der Waals surface area contributed by atoms with Gasteiger partial charge in [-0.25, -0.2) is 0 Å². The fourth-order valence-electron chi connectivity index (χ4n) is 1.55. The number of hydrogen-bond donors (Lipinski definition) is 1. The molecule has 2 rings (SSSR count). The van der Waals surface area contributed by atoms with Crippen LogP contribution in [0.4, 0.5) is 0 Å². The minimum Gasteiger partial charge on any atom is -0.339 e. The third kappa shape index (κ3) is 1.76. The van der Waals surface area contributed by atoms with Gasteiger partial charge in [-0.3, -0.25) is 0 Å². The molecule has 15 heavy (non-hydrogen) atoms. The maximum absolute atomic E-state index is 8.98. The molecule has 1 heterocycles. The normalized spacial score (nSPS) is 9.87. The predicted molar refractivity (Wildman–Crippen MR) is 58.8 cm³/mol. The Labute approximate surface area is 88.4 Å². The molecule has 1 aromatic carbocycles. The van der Waals surface area contributed by atoms with E-state index in [1.54, 1.807) is 10.8 Å². The lowest BCUT2D eigenvalue weighted by atomic mass is 10.1. The highest BCUT2D eigenvalue weighted by Gasteiger charge is 2.07. The number of hydrogen-bond acceptors (Lipinski definition) is 2. The van der Waals surface area contributed by atoms with E-state index in [4.69, 9.17) is 11.0 Å². The smallest absolute Gasteiger partial charge is 0.101 e. The molecule has 3 heteroatoms. The topological polar surface area (TPSA) is 54.7 Å². The van der Waals surface area contributed by atoms with E-state index in [0.29, 0.717) is 12.2 Å². The molecule has 0 atom stereocenters. The Morgan fingerprint density at radius 1 is 1.20 bits per heavy atom. The molecule has 0 unspecified atom stereocenters. The second-order valence-corrected chi connectivity index (χ2v) is 3.26. The zero-order valence-corrected chi connectivity index (χ0v) is 8.22. The van der Waals surface area contributed by atoms with Gasteiger partial charge in [0.2, 0.25) is 0 Å². The fraction of sp³-hybridized carbons (Fsp3) is 0.0833. The molecule has 0 saturated heterocycles. The van der Waals surface area contributed by atoms with Gasteiger partial charge >= 0.3 is 0 Å². The van der Waals surface area contributed by atoms with Crippen molar-refractivity contribution in [2.75, 3.05) is 0 Å². The van der Waals surface area contributed by atoms with Crippen LogP contribution < -0.4 is 5.73 Å². The van der Waals surface area contributed by atoms with Crippen LogP contribution >= 0.6 is 0 Å². The summed E-state index contributed by atoms with van der Waals surface area (Å²) in [5, 5.41) is 8.98. The van der Waals surface area contributed by atoms with Gasteiger partial charge in [-0.15, -0.1) is 0 Å². The van der Waals surface area contributed by atoms with Crippen LogP contribution in [-0.4, -0.2) is 4.57 Å². The molecule has 2 aromatic rings. The summed E-state index contributed by atoms with van der Waals surface area (Å²) in [4.78, 5) is 0. The summed E-state index contributed by atoms with van der Waals surface area (Å²) in [5.41, 5.74) is 8.15. The summed E-state index contributed by atoms with van der Waals surface area (Å²) in [5.74, 6) is 0. The average molecular weight is 197 g/mol. The van der Waals surface area contributed by atoms with Crippen molar-refractivity contribution in [1.82, 2.24) is 4.57 Å². The molecule has 0 aliphatic heterocycles. The summed E-state index contributed by atoms with van der Waals surface area (Å²) < 4.78 is 1.81. The lowest BCUT2D eigenvalue weighted by Gasteiger charge is -1.97. The molecule has 0 spiro atoms. The zero-order chi connectivity index (χ0) is 10.7. The van der Waals surface area contributed by atoms with Gasteiger partial charge in [0.15, 0.2) is 0 Å². The van der Waals surface area contributed by atoms with E-state index in [1.807, 2.05) is 36.5 Å². The Balaban J connectivity index is 2.53. The zero-order valence-electron chi connectivity index (χ0n) is 8.22. The van der Waals surface area contributed by atoms with Crippen molar-refractivity contribution in [3.8, 4) is 17.2 Å². The minimum atomic E-state index is 0.390. The SMILES string of the molecule is N#Cc1cn(CN)cc1-c1ccccc1. The van der Waals surface area contributed by atoms with Gasteiger partial charge in [-0.2, -0.15) is 5.26 Å². The van der Waals surface area contributed by atoms with Crippen LogP contribution in [0.3, 0.4) is 0 Å². The first kappa shape index (κ1) is 9.50. The molecule has 0 radical (unpaired) electrons. The molecule has 3 nitrogen and oxygen atoms in total. The lowest BCUT2D eigenvalue weighted by Crippen LogP contribution is -2.03. The van der Waals surface area contributed by atoms with Gasteiger partial charge < -0.3 is 10.3 Å². The minimum absolute atomic E-state index is 0.390. The molecule has 0 saturated carbocycles. The lowest BCUT2D eigenvalue weighted by molar-refractivity contribution is 0.738. The van der Waals surface area contributed by atoms with E-state index in [1.165, 1.54) is 0 Å². The summed E-state index contributed by atoms with van der Waals surface area (Å²) >= 11 is 0. The van der Waals surface area contributed by atoms with Crippen molar-refractivity contribution in [3.05, 3.63) is 48.3 Å². The van der Waals surface area contributed by atoms with Gasteiger partial charge in [-0.05, 0) is 5.56 Å². The summed E-state index contributed by atoms with van der Waals surface area (Å²) in [7, 11) is 0. The highest BCUT2D eigenvalue weighted by molar-refractivity contribution is 5.69. The molecular formula is C12H11N3. The third-order valence-corrected chi connectivity index (χ3v) is 2.30. The summed E-state index contributed by atoms with van der Waals surface area (Å²) in [6.45, 7) is 0.390. The second kappa shape index (κ2) is 3.99. The number of aromatic nitrogens is 1. The van der Waals surface area contributed by atoms with Crippen molar-refractivity contribution in [1.29, 1.82) is 5.26 Å². The number of nitrogens with two attached hydrogens (primary N) is 1. The Bertz CT molecular complexity index is 491. The van der Waals surface area contributed by atoms with Gasteiger partial charge in [0.1, 0.15) is 6.07 Å². The van der Waals surface area contributed by atoms with Crippen LogP contribution in [-0.2, 0) is 6.67 Å². The van der Waals surface area contributed by atoms with Crippen LogP contribution in [0.5, 0.6) is 0 Å². The molecule has 0 aliphatic carbocycles. The fourth-order valence-corrected chi connectivity index (χ4v) is 1.55. The van der Waals surface area contributed by atoms with E-state index < -0.39 is 0 Å². The molecule has 0 fully saturated rings. The molecule has 1 aromatic heterocycles. The van der Waals surface area contributed by atoms with E-state index in [0.717, 1.165) is 11.1 Å². The van der Waals surface area contributed by atoms with Crippen molar-refractivity contribution in [2.24, 2.45) is 5.73 Å². The summed E-state index contributed by atoms with van der Waals surface area (Å²) in [6.07, 6.45) is 3.66. The Morgan fingerprint density at radius 3 is 2.53 bits per heavy atom. The quantitative estimate of drug-likeness (QED) is 0.799. The third-order valence-electron chi connectivity index (χ3n) is 2.30. The molecule has 0 bridgehead atoms. The first-order valence-electron chi connectivity index (χ1n) is 4.70.